The van der Waals surface area contributed by atoms with Gasteiger partial charge in [-0.1, -0.05) is 0 Å². The fourth-order valence-corrected chi connectivity index (χ4v) is 3.24. The highest BCUT2D eigenvalue weighted by atomic mass is 16.5. The Kier molecular flexibility index (Phi) is 5.21. The second-order valence-corrected chi connectivity index (χ2v) is 7.72. The van der Waals surface area contributed by atoms with Crippen molar-refractivity contribution in [2.45, 2.75) is 32.2 Å². The predicted molar refractivity (Wildman–Crippen MR) is 114 cm³/mol. The number of nitrogen functional groups attached to an aromatic ring is 1. The number of aliphatic hydroxyl groups is 2. The van der Waals surface area contributed by atoms with Gasteiger partial charge in [-0.3, -0.25) is 4.68 Å². The molecule has 0 fully saturated rings. The number of nitrogens with two attached hydrogens (primary N) is 1. The monoisotopic (exact) mass is 424 g/mol. The number of hydrogen-bond acceptors (Lipinski definition) is 9. The Hall–Kier alpha value is -3.70. The van der Waals surface area contributed by atoms with Crippen molar-refractivity contribution in [1.82, 2.24) is 29.4 Å². The summed E-state index contributed by atoms with van der Waals surface area (Å²) >= 11 is 0. The van der Waals surface area contributed by atoms with Gasteiger partial charge in [-0.15, -0.1) is 0 Å². The number of rotatable bonds is 7. The van der Waals surface area contributed by atoms with Gasteiger partial charge in [0.25, 0.3) is 0 Å². The Labute approximate surface area is 178 Å². The van der Waals surface area contributed by atoms with E-state index in [1.165, 1.54) is 7.11 Å². The predicted octanol–water partition coefficient (Wildman–Crippen LogP) is 1.45. The summed E-state index contributed by atoms with van der Waals surface area (Å²) in [4.78, 5) is 8.64. The van der Waals surface area contributed by atoms with E-state index in [1.807, 2.05) is 0 Å². The Morgan fingerprint density at radius 2 is 2.10 bits per heavy atom. The number of aliphatic hydroxyl groups excluding tert-OH is 1. The van der Waals surface area contributed by atoms with Crippen LogP contribution in [-0.4, -0.2) is 52.3 Å². The third kappa shape index (κ3) is 4.27. The van der Waals surface area contributed by atoms with E-state index in [0.29, 0.717) is 39.9 Å². The summed E-state index contributed by atoms with van der Waals surface area (Å²) in [5.41, 5.74) is 7.20. The van der Waals surface area contributed by atoms with E-state index in [2.05, 4.69) is 25.5 Å². The zero-order valence-corrected chi connectivity index (χ0v) is 17.4. The third-order valence-corrected chi connectivity index (χ3v) is 4.53. The third-order valence-electron chi connectivity index (χ3n) is 4.53. The van der Waals surface area contributed by atoms with Crippen LogP contribution >= 0.6 is 0 Å². The number of fused-ring (bicyclic) bond motifs is 1. The molecule has 4 aromatic rings. The zero-order chi connectivity index (χ0) is 22.2. The van der Waals surface area contributed by atoms with Crippen LogP contribution in [0.25, 0.3) is 17.0 Å². The van der Waals surface area contributed by atoms with E-state index in [-0.39, 0.29) is 6.54 Å². The number of ether oxygens (including phenoxy) is 1. The van der Waals surface area contributed by atoms with E-state index in [4.69, 9.17) is 10.5 Å². The maximum Gasteiger partial charge on any atom is 0.162 e. The lowest BCUT2D eigenvalue weighted by Crippen LogP contribution is -2.26. The highest BCUT2D eigenvalue weighted by molar-refractivity contribution is 5.76. The molecule has 4 rings (SSSR count). The summed E-state index contributed by atoms with van der Waals surface area (Å²) < 4.78 is 8.57. The van der Waals surface area contributed by atoms with Crippen molar-refractivity contribution in [3.63, 3.8) is 0 Å². The van der Waals surface area contributed by atoms with Crippen LogP contribution in [0.4, 0.5) is 11.5 Å². The van der Waals surface area contributed by atoms with E-state index in [1.54, 1.807) is 66.0 Å². The van der Waals surface area contributed by atoms with Gasteiger partial charge in [0.05, 0.1) is 36.7 Å². The molecule has 5 N–H and O–H groups in total. The Morgan fingerprint density at radius 3 is 2.84 bits per heavy atom. The van der Waals surface area contributed by atoms with Gasteiger partial charge < -0.3 is 26.0 Å². The Bertz CT molecular complexity index is 1210. The summed E-state index contributed by atoms with van der Waals surface area (Å²) in [5, 5.41) is 32.9. The van der Waals surface area contributed by atoms with Gasteiger partial charge >= 0.3 is 0 Å². The zero-order valence-electron chi connectivity index (χ0n) is 17.4. The van der Waals surface area contributed by atoms with Crippen molar-refractivity contribution in [2.75, 3.05) is 18.2 Å². The molecule has 0 aliphatic rings. The maximum absolute atomic E-state index is 10.9. The number of anilines is 2. The van der Waals surface area contributed by atoms with Gasteiger partial charge in [0.15, 0.2) is 11.9 Å². The quantitative estimate of drug-likeness (QED) is 0.323. The molecule has 4 heterocycles. The second-order valence-electron chi connectivity index (χ2n) is 7.72. The minimum absolute atomic E-state index is 0.223. The molecular weight excluding hydrogens is 400 g/mol. The van der Waals surface area contributed by atoms with E-state index in [9.17, 15) is 10.2 Å². The fraction of sp³-hybridized carbons (Fsp3) is 0.300. The van der Waals surface area contributed by atoms with Crippen LogP contribution in [0, 0.1) is 0 Å². The number of pyridine rings is 1. The van der Waals surface area contributed by atoms with E-state index < -0.39 is 11.8 Å². The highest BCUT2D eigenvalue weighted by Crippen LogP contribution is 2.35. The number of hydrogen-bond donors (Lipinski definition) is 4. The molecule has 11 nitrogen and oxygen atoms in total. The van der Waals surface area contributed by atoms with Crippen molar-refractivity contribution in [1.29, 1.82) is 0 Å². The van der Waals surface area contributed by atoms with Crippen molar-refractivity contribution in [2.24, 2.45) is 0 Å². The highest BCUT2D eigenvalue weighted by Gasteiger charge is 2.23. The van der Waals surface area contributed by atoms with Crippen molar-refractivity contribution in [3.05, 3.63) is 48.5 Å². The Morgan fingerprint density at radius 1 is 1.29 bits per heavy atom. The van der Waals surface area contributed by atoms with Gasteiger partial charge in [0.1, 0.15) is 23.0 Å². The van der Waals surface area contributed by atoms with E-state index >= 15 is 0 Å². The summed E-state index contributed by atoms with van der Waals surface area (Å²) in [6.45, 7) is 3.58. The van der Waals surface area contributed by atoms with Crippen molar-refractivity contribution >= 4 is 17.2 Å². The van der Waals surface area contributed by atoms with Gasteiger partial charge in [-0.2, -0.15) is 10.2 Å². The van der Waals surface area contributed by atoms with Gasteiger partial charge in [-0.05, 0) is 32.0 Å². The molecule has 0 saturated carbocycles. The van der Waals surface area contributed by atoms with Gasteiger partial charge in [0.2, 0.25) is 0 Å². The first-order valence-electron chi connectivity index (χ1n) is 9.59. The molecule has 4 aromatic heterocycles. The maximum atomic E-state index is 10.9. The molecule has 11 heteroatoms. The molecule has 162 valence electrons. The van der Waals surface area contributed by atoms with Crippen LogP contribution < -0.4 is 15.8 Å². The van der Waals surface area contributed by atoms with Crippen molar-refractivity contribution < 1.29 is 14.9 Å². The molecule has 0 aliphatic carbocycles. The van der Waals surface area contributed by atoms with Gasteiger partial charge in [0, 0.05) is 18.6 Å². The SMILES string of the molecule is COc1ccc(N)nc1-c1nn(CC(C)(C)O)cc1NC(O)c1cnn2cccnc12. The molecule has 1 unspecified atom stereocenters. The molecule has 0 aromatic carbocycles. The van der Waals surface area contributed by atoms with Crippen LogP contribution in [-0.2, 0) is 6.54 Å². The second kappa shape index (κ2) is 7.85. The summed E-state index contributed by atoms with van der Waals surface area (Å²) in [6.07, 6.45) is 5.47. The lowest BCUT2D eigenvalue weighted by atomic mass is 10.1. The van der Waals surface area contributed by atoms with Gasteiger partial charge in [-0.25, -0.2) is 14.5 Å². The normalized spacial score (nSPS) is 12.8. The smallest absolute Gasteiger partial charge is 0.162 e. The molecule has 0 saturated heterocycles. The van der Waals surface area contributed by atoms with Crippen LogP contribution in [0.3, 0.4) is 0 Å². The lowest BCUT2D eigenvalue weighted by Gasteiger charge is -2.16. The molecule has 0 amide bonds. The average Bonchev–Trinajstić information content (AvgIpc) is 3.30. The molecule has 31 heavy (non-hydrogen) atoms. The van der Waals surface area contributed by atoms with Crippen LogP contribution in [0.2, 0.25) is 0 Å². The van der Waals surface area contributed by atoms with E-state index in [0.717, 1.165) is 0 Å². The number of aromatic nitrogens is 6. The fourth-order valence-electron chi connectivity index (χ4n) is 3.24. The molecule has 0 bridgehead atoms. The molecule has 0 aliphatic heterocycles. The molecule has 0 radical (unpaired) electrons. The van der Waals surface area contributed by atoms with Crippen molar-refractivity contribution in [3.8, 4) is 17.1 Å². The summed E-state index contributed by atoms with van der Waals surface area (Å²) in [6, 6.07) is 5.07. The Balaban J connectivity index is 1.76. The van der Waals surface area contributed by atoms with Crippen LogP contribution in [0.1, 0.15) is 25.6 Å². The average molecular weight is 424 g/mol. The minimum atomic E-state index is -1.13. The van der Waals surface area contributed by atoms with Crippen LogP contribution in [0.15, 0.2) is 43.0 Å². The molecular formula is C20H24N8O3. The standard InChI is InChI=1S/C20H24N8O3/c1-20(2,30)11-27-10-13(16(26-27)17-14(31-3)5-6-15(21)25-17)24-19(29)12-9-23-28-8-4-7-22-18(12)28/h4-10,19,24,29-30H,11H2,1-3H3,(H2,21,25). The number of nitrogens with zero attached hydrogens (tertiary/aromatic N) is 6. The first kappa shape index (κ1) is 20.6. The topological polar surface area (TPSA) is 149 Å². The number of methoxy groups -OCH3 is 1. The number of nitrogens with one attached hydrogen (secondary N) is 1. The summed E-state index contributed by atoms with van der Waals surface area (Å²) in [7, 11) is 1.52. The largest absolute Gasteiger partial charge is 0.494 e. The first-order valence-corrected chi connectivity index (χ1v) is 9.59. The minimum Gasteiger partial charge on any atom is -0.494 e. The molecule has 0 spiro atoms. The first-order chi connectivity index (χ1) is 14.7. The van der Waals surface area contributed by atoms with Crippen LogP contribution in [0.5, 0.6) is 5.75 Å². The molecule has 1 atom stereocenters. The summed E-state index contributed by atoms with van der Waals surface area (Å²) in [5.74, 6) is 0.768. The lowest BCUT2D eigenvalue weighted by molar-refractivity contribution is 0.0578.